The summed E-state index contributed by atoms with van der Waals surface area (Å²) in [4.78, 5) is 10.9. The minimum Gasteiger partial charge on any atom is -0.378 e. The van der Waals surface area contributed by atoms with E-state index < -0.39 is 0 Å². The summed E-state index contributed by atoms with van der Waals surface area (Å²) in [6, 6.07) is 2.16. The van der Waals surface area contributed by atoms with E-state index in [-0.39, 0.29) is 12.1 Å². The SMILES string of the molecule is COCc1cc(N2CC[C@H]3OCc4cnnn4[C@H]3C2)ncn1. The minimum absolute atomic E-state index is 0.181. The Hall–Kier alpha value is -2.06. The summed E-state index contributed by atoms with van der Waals surface area (Å²) < 4.78 is 13.1. The molecule has 2 aliphatic heterocycles. The zero-order valence-electron chi connectivity index (χ0n) is 12.4. The van der Waals surface area contributed by atoms with Crippen LogP contribution in [0.5, 0.6) is 0 Å². The van der Waals surface area contributed by atoms with Gasteiger partial charge in [-0.1, -0.05) is 5.21 Å². The number of aromatic nitrogens is 5. The maximum atomic E-state index is 5.93. The van der Waals surface area contributed by atoms with Crippen molar-refractivity contribution < 1.29 is 9.47 Å². The second-order valence-corrected chi connectivity index (χ2v) is 5.62. The summed E-state index contributed by atoms with van der Waals surface area (Å²) in [6.45, 7) is 2.81. The fraction of sp³-hybridized carbons (Fsp3) is 0.571. The summed E-state index contributed by atoms with van der Waals surface area (Å²) in [7, 11) is 1.67. The van der Waals surface area contributed by atoms with E-state index in [9.17, 15) is 0 Å². The van der Waals surface area contributed by atoms with Crippen molar-refractivity contribution in [3.8, 4) is 0 Å². The Morgan fingerprint density at radius 1 is 1.41 bits per heavy atom. The van der Waals surface area contributed by atoms with Crippen LogP contribution in [0.1, 0.15) is 23.9 Å². The second kappa shape index (κ2) is 5.62. The van der Waals surface area contributed by atoms with Crippen LogP contribution < -0.4 is 4.90 Å². The van der Waals surface area contributed by atoms with E-state index in [1.807, 2.05) is 10.7 Å². The van der Waals surface area contributed by atoms with E-state index in [1.54, 1.807) is 19.6 Å². The molecule has 4 rings (SSSR count). The van der Waals surface area contributed by atoms with E-state index in [0.29, 0.717) is 13.2 Å². The number of hydrogen-bond acceptors (Lipinski definition) is 7. The third-order valence-corrected chi connectivity index (χ3v) is 4.25. The van der Waals surface area contributed by atoms with Crippen molar-refractivity contribution in [2.24, 2.45) is 0 Å². The number of fused-ring (bicyclic) bond motifs is 3. The van der Waals surface area contributed by atoms with Gasteiger partial charge >= 0.3 is 0 Å². The van der Waals surface area contributed by atoms with Gasteiger partial charge in [0.1, 0.15) is 12.1 Å². The Labute approximate surface area is 128 Å². The smallest absolute Gasteiger partial charge is 0.132 e. The van der Waals surface area contributed by atoms with Crippen LogP contribution in [0.2, 0.25) is 0 Å². The topological polar surface area (TPSA) is 78.2 Å². The molecule has 4 heterocycles. The number of ether oxygens (including phenoxy) is 2. The van der Waals surface area contributed by atoms with Crippen molar-refractivity contribution in [1.29, 1.82) is 0 Å². The highest BCUT2D eigenvalue weighted by molar-refractivity contribution is 5.40. The van der Waals surface area contributed by atoms with Gasteiger partial charge in [0.15, 0.2) is 0 Å². The molecule has 0 aromatic carbocycles. The highest BCUT2D eigenvalue weighted by atomic mass is 16.5. The van der Waals surface area contributed by atoms with E-state index in [0.717, 1.165) is 36.7 Å². The van der Waals surface area contributed by atoms with Crippen molar-refractivity contribution in [2.75, 3.05) is 25.1 Å². The van der Waals surface area contributed by atoms with Gasteiger partial charge in [-0.2, -0.15) is 0 Å². The second-order valence-electron chi connectivity index (χ2n) is 5.62. The average Bonchev–Trinajstić information content (AvgIpc) is 3.04. The van der Waals surface area contributed by atoms with Crippen molar-refractivity contribution in [3.63, 3.8) is 0 Å². The summed E-state index contributed by atoms with van der Waals surface area (Å²) >= 11 is 0. The fourth-order valence-electron chi connectivity index (χ4n) is 3.17. The van der Waals surface area contributed by atoms with Crippen LogP contribution >= 0.6 is 0 Å². The van der Waals surface area contributed by atoms with Crippen molar-refractivity contribution in [1.82, 2.24) is 25.0 Å². The van der Waals surface area contributed by atoms with Crippen LogP contribution in [0.25, 0.3) is 0 Å². The van der Waals surface area contributed by atoms with Gasteiger partial charge < -0.3 is 14.4 Å². The predicted octanol–water partition coefficient (Wildman–Crippen LogP) is 0.565. The fourth-order valence-corrected chi connectivity index (χ4v) is 3.17. The first-order valence-electron chi connectivity index (χ1n) is 7.40. The molecular weight excluding hydrogens is 284 g/mol. The van der Waals surface area contributed by atoms with Gasteiger partial charge in [-0.05, 0) is 6.42 Å². The molecule has 0 amide bonds. The maximum Gasteiger partial charge on any atom is 0.132 e. The van der Waals surface area contributed by atoms with Gasteiger partial charge in [-0.15, -0.1) is 5.10 Å². The zero-order chi connectivity index (χ0) is 14.9. The standard InChI is InChI=1S/C14H18N6O2/c1-21-7-10-4-14(16-9-15-10)19-3-2-13-12(6-19)20-11(8-22-13)5-17-18-20/h4-5,9,12-13H,2-3,6-8H2,1H3/t12-,13+/m0/s1. The molecule has 0 bridgehead atoms. The first kappa shape index (κ1) is 13.6. The van der Waals surface area contributed by atoms with Gasteiger partial charge in [-0.25, -0.2) is 14.6 Å². The molecular formula is C14H18N6O2. The molecule has 22 heavy (non-hydrogen) atoms. The molecule has 8 nitrogen and oxygen atoms in total. The molecule has 2 aliphatic rings. The number of anilines is 1. The Bertz CT molecular complexity index is 660. The normalized spacial score (nSPS) is 24.0. The Kier molecular flexibility index (Phi) is 3.47. The molecule has 116 valence electrons. The number of methoxy groups -OCH3 is 1. The number of hydrogen-bond donors (Lipinski definition) is 0. The monoisotopic (exact) mass is 302 g/mol. The van der Waals surface area contributed by atoms with Crippen LogP contribution in [0.15, 0.2) is 18.6 Å². The molecule has 0 unspecified atom stereocenters. The van der Waals surface area contributed by atoms with Crippen LogP contribution in [0.4, 0.5) is 5.82 Å². The molecule has 0 saturated carbocycles. The van der Waals surface area contributed by atoms with Gasteiger partial charge in [0.2, 0.25) is 0 Å². The molecule has 1 fully saturated rings. The van der Waals surface area contributed by atoms with Gasteiger partial charge in [0.25, 0.3) is 0 Å². The molecule has 2 aromatic heterocycles. The average molecular weight is 302 g/mol. The van der Waals surface area contributed by atoms with E-state index >= 15 is 0 Å². The maximum absolute atomic E-state index is 5.93. The highest BCUT2D eigenvalue weighted by Crippen LogP contribution is 2.31. The number of rotatable bonds is 3. The van der Waals surface area contributed by atoms with Crippen molar-refractivity contribution >= 4 is 5.82 Å². The van der Waals surface area contributed by atoms with Gasteiger partial charge in [0, 0.05) is 26.3 Å². The third-order valence-electron chi connectivity index (χ3n) is 4.25. The lowest BCUT2D eigenvalue weighted by molar-refractivity contribution is -0.0373. The lowest BCUT2D eigenvalue weighted by atomic mass is 10.0. The molecule has 0 radical (unpaired) electrons. The Morgan fingerprint density at radius 2 is 2.36 bits per heavy atom. The third kappa shape index (κ3) is 2.34. The van der Waals surface area contributed by atoms with Gasteiger partial charge in [0.05, 0.1) is 42.9 Å². The molecule has 2 aromatic rings. The van der Waals surface area contributed by atoms with E-state index in [4.69, 9.17) is 9.47 Å². The highest BCUT2D eigenvalue weighted by Gasteiger charge is 2.36. The quantitative estimate of drug-likeness (QED) is 0.820. The van der Waals surface area contributed by atoms with Crippen molar-refractivity contribution in [3.05, 3.63) is 30.0 Å². The first-order chi connectivity index (χ1) is 10.8. The zero-order valence-corrected chi connectivity index (χ0v) is 12.4. The van der Waals surface area contributed by atoms with E-state index in [1.165, 1.54) is 0 Å². The van der Waals surface area contributed by atoms with Crippen LogP contribution in [0.3, 0.4) is 0 Å². The molecule has 0 aliphatic carbocycles. The lowest BCUT2D eigenvalue weighted by Gasteiger charge is -2.41. The first-order valence-corrected chi connectivity index (χ1v) is 7.40. The summed E-state index contributed by atoms with van der Waals surface area (Å²) in [5.41, 5.74) is 1.92. The van der Waals surface area contributed by atoms with Gasteiger partial charge in [-0.3, -0.25) is 0 Å². The molecule has 8 heteroatoms. The number of piperidine rings is 1. The summed E-state index contributed by atoms with van der Waals surface area (Å²) in [5, 5.41) is 8.23. The summed E-state index contributed by atoms with van der Waals surface area (Å²) in [6.07, 6.45) is 4.52. The molecule has 1 saturated heterocycles. The summed E-state index contributed by atoms with van der Waals surface area (Å²) in [5.74, 6) is 0.924. The molecule has 0 spiro atoms. The largest absolute Gasteiger partial charge is 0.378 e. The Morgan fingerprint density at radius 3 is 3.27 bits per heavy atom. The van der Waals surface area contributed by atoms with Crippen LogP contribution in [0, 0.1) is 0 Å². The predicted molar refractivity (Wildman–Crippen MR) is 77.2 cm³/mol. The molecule has 0 N–H and O–H groups in total. The van der Waals surface area contributed by atoms with E-state index in [2.05, 4.69) is 25.2 Å². The Balaban J connectivity index is 1.57. The molecule has 2 atom stereocenters. The minimum atomic E-state index is 0.181. The van der Waals surface area contributed by atoms with Crippen LogP contribution in [-0.4, -0.2) is 51.3 Å². The number of nitrogens with zero attached hydrogens (tertiary/aromatic N) is 6. The van der Waals surface area contributed by atoms with Crippen molar-refractivity contribution in [2.45, 2.75) is 31.8 Å². The lowest BCUT2D eigenvalue weighted by Crippen LogP contribution is -2.48. The van der Waals surface area contributed by atoms with Crippen LogP contribution in [-0.2, 0) is 22.7 Å².